The molecule has 1 saturated heterocycles. The van der Waals surface area contributed by atoms with E-state index in [0.29, 0.717) is 0 Å². The first-order valence-electron chi connectivity index (χ1n) is 8.01. The lowest BCUT2D eigenvalue weighted by atomic mass is 10.1. The van der Waals surface area contributed by atoms with Crippen molar-refractivity contribution in [2.24, 2.45) is 11.8 Å². The van der Waals surface area contributed by atoms with Crippen molar-refractivity contribution in [2.45, 2.75) is 19.3 Å². The summed E-state index contributed by atoms with van der Waals surface area (Å²) < 4.78 is 0. The van der Waals surface area contributed by atoms with E-state index < -0.39 is 0 Å². The molecule has 112 valence electrons. The van der Waals surface area contributed by atoms with E-state index >= 15 is 0 Å². The van der Waals surface area contributed by atoms with Gasteiger partial charge >= 0.3 is 0 Å². The molecule has 2 aromatic rings. The summed E-state index contributed by atoms with van der Waals surface area (Å²) in [5, 5.41) is 1.14. The van der Waals surface area contributed by atoms with Gasteiger partial charge in [-0.2, -0.15) is 0 Å². The highest BCUT2D eigenvalue weighted by Gasteiger charge is 2.28. The average Bonchev–Trinajstić information content (AvgIpc) is 2.99. The van der Waals surface area contributed by atoms with E-state index in [4.69, 9.17) is 0 Å². The Bertz CT molecular complexity index is 618. The molecule has 1 saturated carbocycles. The fraction of sp³-hybridized carbons (Fsp3) is 0.625. The minimum atomic E-state index is 0.762. The number of aromatic nitrogens is 3. The fourth-order valence-corrected chi connectivity index (χ4v) is 3.54. The molecule has 1 aliphatic carbocycles. The van der Waals surface area contributed by atoms with Crippen molar-refractivity contribution in [3.05, 3.63) is 18.6 Å². The number of hydrogen-bond acceptors (Lipinski definition) is 4. The summed E-state index contributed by atoms with van der Waals surface area (Å²) in [6.07, 6.45) is 7.76. The molecule has 21 heavy (non-hydrogen) atoms. The van der Waals surface area contributed by atoms with Crippen LogP contribution < -0.4 is 4.90 Å². The number of nitrogens with zero attached hydrogens (tertiary/aromatic N) is 4. The second kappa shape index (κ2) is 5.30. The molecular weight excluding hydrogens is 262 g/mol. The van der Waals surface area contributed by atoms with E-state index in [9.17, 15) is 0 Å². The molecular formula is C16H23N5. The number of fused-ring (bicyclic) bond motifs is 1. The predicted molar refractivity (Wildman–Crippen MR) is 84.4 cm³/mol. The minimum Gasteiger partial charge on any atom is -0.356 e. The molecule has 4 rings (SSSR count). The maximum Gasteiger partial charge on any atom is 0.142 e. The number of aromatic amines is 1. The van der Waals surface area contributed by atoms with Gasteiger partial charge in [-0.3, -0.25) is 0 Å². The highest BCUT2D eigenvalue weighted by atomic mass is 15.2. The van der Waals surface area contributed by atoms with E-state index in [1.807, 2.05) is 6.20 Å². The molecule has 5 nitrogen and oxygen atoms in total. The van der Waals surface area contributed by atoms with Crippen LogP contribution in [0.4, 0.5) is 5.82 Å². The lowest BCUT2D eigenvalue weighted by Gasteiger charge is -2.22. The summed E-state index contributed by atoms with van der Waals surface area (Å²) in [6.45, 7) is 4.73. The Morgan fingerprint density at radius 3 is 2.95 bits per heavy atom. The maximum atomic E-state index is 4.51. The molecule has 0 spiro atoms. The highest BCUT2D eigenvalue weighted by molar-refractivity contribution is 5.87. The summed E-state index contributed by atoms with van der Waals surface area (Å²) in [4.78, 5) is 16.9. The number of hydrogen-bond donors (Lipinski definition) is 1. The third kappa shape index (κ3) is 2.75. The molecule has 1 aliphatic heterocycles. The van der Waals surface area contributed by atoms with Crippen LogP contribution in [0.25, 0.3) is 11.0 Å². The number of anilines is 1. The summed E-state index contributed by atoms with van der Waals surface area (Å²) in [5.41, 5.74) is 0.939. The Morgan fingerprint density at radius 2 is 2.10 bits per heavy atom. The summed E-state index contributed by atoms with van der Waals surface area (Å²) in [6, 6.07) is 2.08. The lowest BCUT2D eigenvalue weighted by Crippen LogP contribution is -2.30. The van der Waals surface area contributed by atoms with E-state index in [1.165, 1.54) is 32.4 Å². The van der Waals surface area contributed by atoms with Crippen LogP contribution in [-0.4, -0.2) is 53.1 Å². The van der Waals surface area contributed by atoms with E-state index in [-0.39, 0.29) is 0 Å². The Morgan fingerprint density at radius 1 is 1.24 bits per heavy atom. The monoisotopic (exact) mass is 285 g/mol. The SMILES string of the molecule is CN(CC1CC1)CC1CCN(c2ncnc3[nH]ccc23)C1. The Balaban J connectivity index is 1.42. The molecule has 0 bridgehead atoms. The maximum absolute atomic E-state index is 4.51. The van der Waals surface area contributed by atoms with E-state index in [1.54, 1.807) is 6.33 Å². The minimum absolute atomic E-state index is 0.762. The molecule has 1 atom stereocenters. The van der Waals surface area contributed by atoms with Crippen molar-refractivity contribution >= 4 is 16.9 Å². The fourth-order valence-electron chi connectivity index (χ4n) is 3.54. The van der Waals surface area contributed by atoms with Gasteiger partial charge in [0.2, 0.25) is 0 Å². The number of nitrogens with one attached hydrogen (secondary N) is 1. The Labute approximate surface area is 125 Å². The molecule has 3 heterocycles. The average molecular weight is 285 g/mol. The van der Waals surface area contributed by atoms with Crippen molar-refractivity contribution in [2.75, 3.05) is 38.1 Å². The predicted octanol–water partition coefficient (Wildman–Crippen LogP) is 2.13. The third-order valence-corrected chi connectivity index (χ3v) is 4.75. The lowest BCUT2D eigenvalue weighted by molar-refractivity contribution is 0.276. The normalized spacial score (nSPS) is 22.6. The molecule has 2 fully saturated rings. The van der Waals surface area contributed by atoms with Crippen LogP contribution in [0.3, 0.4) is 0 Å². The largest absolute Gasteiger partial charge is 0.356 e. The molecule has 0 aromatic carbocycles. The van der Waals surface area contributed by atoms with Gasteiger partial charge in [-0.05, 0) is 44.2 Å². The van der Waals surface area contributed by atoms with Gasteiger partial charge < -0.3 is 14.8 Å². The molecule has 2 aromatic heterocycles. The van der Waals surface area contributed by atoms with Crippen LogP contribution in [-0.2, 0) is 0 Å². The van der Waals surface area contributed by atoms with Gasteiger partial charge in [-0.1, -0.05) is 0 Å². The summed E-state index contributed by atoms with van der Waals surface area (Å²) in [5.74, 6) is 2.83. The van der Waals surface area contributed by atoms with Crippen LogP contribution >= 0.6 is 0 Å². The van der Waals surface area contributed by atoms with E-state index in [2.05, 4.69) is 37.9 Å². The van der Waals surface area contributed by atoms with Crippen molar-refractivity contribution < 1.29 is 0 Å². The van der Waals surface area contributed by atoms with Crippen molar-refractivity contribution in [3.63, 3.8) is 0 Å². The molecule has 1 N–H and O–H groups in total. The van der Waals surface area contributed by atoms with Gasteiger partial charge in [0.05, 0.1) is 5.39 Å². The van der Waals surface area contributed by atoms with E-state index in [0.717, 1.165) is 41.8 Å². The van der Waals surface area contributed by atoms with Crippen molar-refractivity contribution in [3.8, 4) is 0 Å². The first-order chi connectivity index (χ1) is 10.3. The van der Waals surface area contributed by atoms with Gasteiger partial charge in [0.25, 0.3) is 0 Å². The Hall–Kier alpha value is -1.62. The van der Waals surface area contributed by atoms with Gasteiger partial charge in [0.1, 0.15) is 17.8 Å². The second-order valence-corrected chi connectivity index (χ2v) is 6.70. The number of rotatable bonds is 5. The standard InChI is InChI=1S/C16H23N5/c1-20(8-12-2-3-12)9-13-5-7-21(10-13)16-14-4-6-17-15(14)18-11-19-16/h4,6,11-13H,2-3,5,7-10H2,1H3,(H,17,18,19). The van der Waals surface area contributed by atoms with Crippen molar-refractivity contribution in [1.82, 2.24) is 19.9 Å². The van der Waals surface area contributed by atoms with Gasteiger partial charge in [-0.25, -0.2) is 9.97 Å². The van der Waals surface area contributed by atoms with Gasteiger partial charge in [-0.15, -0.1) is 0 Å². The second-order valence-electron chi connectivity index (χ2n) is 6.70. The van der Waals surface area contributed by atoms with Gasteiger partial charge in [0, 0.05) is 32.4 Å². The number of H-pyrrole nitrogens is 1. The first kappa shape index (κ1) is 13.1. The Kier molecular flexibility index (Phi) is 3.30. The molecule has 2 aliphatic rings. The van der Waals surface area contributed by atoms with Gasteiger partial charge in [0.15, 0.2) is 0 Å². The van der Waals surface area contributed by atoms with Crippen molar-refractivity contribution in [1.29, 1.82) is 0 Å². The molecule has 1 unspecified atom stereocenters. The van der Waals surface area contributed by atoms with Crippen LogP contribution in [0.1, 0.15) is 19.3 Å². The van der Waals surface area contributed by atoms with Crippen LogP contribution in [0.15, 0.2) is 18.6 Å². The molecule has 0 amide bonds. The zero-order valence-corrected chi connectivity index (χ0v) is 12.6. The van der Waals surface area contributed by atoms with Crippen LogP contribution in [0.5, 0.6) is 0 Å². The smallest absolute Gasteiger partial charge is 0.142 e. The quantitative estimate of drug-likeness (QED) is 0.914. The summed E-state index contributed by atoms with van der Waals surface area (Å²) >= 11 is 0. The zero-order valence-electron chi connectivity index (χ0n) is 12.6. The highest BCUT2D eigenvalue weighted by Crippen LogP contribution is 2.31. The molecule has 0 radical (unpaired) electrons. The first-order valence-corrected chi connectivity index (χ1v) is 8.01. The molecule has 5 heteroatoms. The van der Waals surface area contributed by atoms with Crippen LogP contribution in [0.2, 0.25) is 0 Å². The zero-order chi connectivity index (χ0) is 14.2. The topological polar surface area (TPSA) is 48.1 Å². The van der Waals surface area contributed by atoms with Crippen LogP contribution in [0, 0.1) is 11.8 Å². The third-order valence-electron chi connectivity index (χ3n) is 4.75. The summed E-state index contributed by atoms with van der Waals surface area (Å²) in [7, 11) is 2.27.